The molecule has 1 amide bonds. The van der Waals surface area contributed by atoms with Crippen molar-refractivity contribution in [1.82, 2.24) is 25.3 Å². The first kappa shape index (κ1) is 24.9. The Morgan fingerprint density at radius 2 is 1.95 bits per heavy atom. The van der Waals surface area contributed by atoms with Crippen molar-refractivity contribution in [2.45, 2.75) is 56.7 Å². The Morgan fingerprint density at radius 3 is 2.51 bits per heavy atom. The number of methoxy groups -OCH3 is 1. The van der Waals surface area contributed by atoms with Gasteiger partial charge in [-0.05, 0) is 63.8 Å². The lowest BCUT2D eigenvalue weighted by Gasteiger charge is -2.51. The van der Waals surface area contributed by atoms with E-state index in [1.807, 2.05) is 27.0 Å². The molecule has 0 aliphatic carbocycles. The van der Waals surface area contributed by atoms with Crippen molar-refractivity contribution in [2.75, 3.05) is 25.9 Å². The average Bonchev–Trinajstić information content (AvgIpc) is 3.46. The van der Waals surface area contributed by atoms with Gasteiger partial charge in [0.25, 0.3) is 0 Å². The average molecular weight is 511 g/mol. The molecule has 2 unspecified atom stereocenters. The van der Waals surface area contributed by atoms with Gasteiger partial charge in [-0.1, -0.05) is 0 Å². The predicted molar refractivity (Wildman–Crippen MR) is 135 cm³/mol. The summed E-state index contributed by atoms with van der Waals surface area (Å²) in [5.74, 6) is 0.638. The highest BCUT2D eigenvalue weighted by atomic mass is 19.1. The lowest BCUT2D eigenvalue weighted by atomic mass is 9.82. The molecule has 10 nitrogen and oxygen atoms in total. The van der Waals surface area contributed by atoms with E-state index in [0.717, 1.165) is 12.8 Å². The maximum Gasteiger partial charge on any atom is 0.408 e. The summed E-state index contributed by atoms with van der Waals surface area (Å²) in [5.41, 5.74) is 1.04. The number of piperidine rings is 1. The third-order valence-electron chi connectivity index (χ3n) is 7.87. The number of amides is 1. The molecule has 2 aliphatic rings. The summed E-state index contributed by atoms with van der Waals surface area (Å²) in [5, 5.41) is 25.3. The number of nitrogens with zero attached hydrogens (tertiary/aromatic N) is 5. The van der Waals surface area contributed by atoms with Crippen LogP contribution in [0.25, 0.3) is 22.4 Å². The minimum absolute atomic E-state index is 0.00964. The third kappa shape index (κ3) is 4.37. The van der Waals surface area contributed by atoms with Gasteiger partial charge in [0.15, 0.2) is 12.6 Å². The Morgan fingerprint density at radius 1 is 1.22 bits per heavy atom. The summed E-state index contributed by atoms with van der Waals surface area (Å²) >= 11 is 0. The molecular formula is C26H31FN6O4. The second-order valence-electron chi connectivity index (χ2n) is 10.4. The molecule has 3 aromatic rings. The summed E-state index contributed by atoms with van der Waals surface area (Å²) in [7, 11) is 3.47. The Balaban J connectivity index is 1.41. The number of carboxylic acid groups (broad SMARTS) is 1. The quantitative estimate of drug-likeness (QED) is 0.445. The zero-order valence-corrected chi connectivity index (χ0v) is 21.4. The summed E-state index contributed by atoms with van der Waals surface area (Å²) in [6.07, 6.45) is 5.40. The first-order valence-corrected chi connectivity index (χ1v) is 12.2. The number of fused-ring (bicyclic) bond motifs is 2. The molecule has 0 radical (unpaired) electrons. The normalized spacial score (nSPS) is 24.8. The number of aromatic nitrogens is 4. The lowest BCUT2D eigenvalue weighted by molar-refractivity contribution is 0.0131. The van der Waals surface area contributed by atoms with Crippen LogP contribution in [0.1, 0.15) is 39.5 Å². The van der Waals surface area contributed by atoms with Crippen LogP contribution in [0.5, 0.6) is 5.75 Å². The molecule has 196 valence electrons. The number of aromatic amines is 1. The molecule has 2 saturated heterocycles. The number of anilines is 1. The van der Waals surface area contributed by atoms with Crippen molar-refractivity contribution < 1.29 is 23.8 Å². The van der Waals surface area contributed by atoms with Crippen LogP contribution in [0.15, 0.2) is 36.7 Å². The number of ether oxygens (including phenoxy) is 2. The van der Waals surface area contributed by atoms with E-state index in [2.05, 4.69) is 25.3 Å². The topological polar surface area (TPSA) is 117 Å². The molecule has 37 heavy (non-hydrogen) atoms. The van der Waals surface area contributed by atoms with Gasteiger partial charge in [-0.2, -0.15) is 5.10 Å². The number of nitrogens with one attached hydrogen (secondary N) is 1. The van der Waals surface area contributed by atoms with Crippen molar-refractivity contribution in [3.63, 3.8) is 0 Å². The van der Waals surface area contributed by atoms with E-state index < -0.39 is 23.0 Å². The largest absolute Gasteiger partial charge is 0.467 e. The van der Waals surface area contributed by atoms with Crippen LogP contribution in [0.4, 0.5) is 15.0 Å². The highest BCUT2D eigenvalue weighted by Gasteiger charge is 2.58. The number of hydrogen-bond donors (Lipinski definition) is 2. The fourth-order valence-electron chi connectivity index (χ4n) is 6.08. The molecule has 2 N–H and O–H groups in total. The monoisotopic (exact) mass is 510 g/mol. The van der Waals surface area contributed by atoms with E-state index in [-0.39, 0.29) is 12.8 Å². The van der Waals surface area contributed by atoms with Gasteiger partial charge in [-0.3, -0.25) is 10.00 Å². The third-order valence-corrected chi connectivity index (χ3v) is 7.87. The molecule has 2 aliphatic heterocycles. The second-order valence-corrected chi connectivity index (χ2v) is 10.4. The Kier molecular flexibility index (Phi) is 6.26. The van der Waals surface area contributed by atoms with Crippen LogP contribution in [0.3, 0.4) is 0 Å². The van der Waals surface area contributed by atoms with Gasteiger partial charge in [0.1, 0.15) is 11.6 Å². The molecule has 0 spiro atoms. The molecule has 3 atom stereocenters. The van der Waals surface area contributed by atoms with Crippen LogP contribution >= 0.6 is 0 Å². The number of H-pyrrole nitrogens is 1. The summed E-state index contributed by atoms with van der Waals surface area (Å²) in [4.78, 5) is 15.7. The van der Waals surface area contributed by atoms with Crippen molar-refractivity contribution >= 4 is 11.9 Å². The van der Waals surface area contributed by atoms with Crippen LogP contribution in [-0.4, -0.2) is 74.6 Å². The minimum atomic E-state index is -0.856. The number of halogens is 1. The number of benzene rings is 1. The van der Waals surface area contributed by atoms with Crippen LogP contribution in [-0.2, 0) is 4.74 Å². The van der Waals surface area contributed by atoms with Gasteiger partial charge in [-0.25, -0.2) is 9.18 Å². The second kappa shape index (κ2) is 9.29. The van der Waals surface area contributed by atoms with E-state index in [4.69, 9.17) is 9.47 Å². The van der Waals surface area contributed by atoms with E-state index in [9.17, 15) is 9.90 Å². The Hall–Kier alpha value is -3.73. The van der Waals surface area contributed by atoms with E-state index in [1.54, 1.807) is 23.2 Å². The fourth-order valence-corrected chi connectivity index (χ4v) is 6.08. The van der Waals surface area contributed by atoms with Crippen molar-refractivity contribution in [1.29, 1.82) is 0 Å². The molecule has 0 saturated carbocycles. The maximum atomic E-state index is 15.1. The molecule has 2 bridgehead atoms. The van der Waals surface area contributed by atoms with Gasteiger partial charge in [0.05, 0.1) is 11.9 Å². The van der Waals surface area contributed by atoms with Gasteiger partial charge in [0.2, 0.25) is 0 Å². The zero-order valence-electron chi connectivity index (χ0n) is 21.4. The molecule has 1 aromatic carbocycles. The lowest BCUT2D eigenvalue weighted by Crippen LogP contribution is -2.62. The van der Waals surface area contributed by atoms with Crippen molar-refractivity contribution in [3.05, 3.63) is 42.5 Å². The van der Waals surface area contributed by atoms with Crippen LogP contribution in [0, 0.1) is 5.82 Å². The first-order chi connectivity index (χ1) is 17.6. The number of hydrogen-bond acceptors (Lipinski definition) is 7. The van der Waals surface area contributed by atoms with E-state index >= 15 is 4.39 Å². The molecule has 4 heterocycles. The number of rotatable bonds is 7. The van der Waals surface area contributed by atoms with Crippen molar-refractivity contribution in [2.24, 2.45) is 0 Å². The standard InChI is InChI=1S/C26H31FN6O4/c1-25-7-8-26(2,33(25)24(34)35)12-17(11-25)32(3)23-6-5-21(30-31-23)19-9-20(27)18(16-13-28-29-14-16)10-22(19)37-15-36-4/h5-6,9-10,13-14,17H,7-8,11-12,15H2,1-4H3,(H,28,29)(H,34,35)/t17?,25-,26?/m1/s1. The zero-order chi connectivity index (χ0) is 26.4. The van der Waals surface area contributed by atoms with Gasteiger partial charge in [0, 0.05) is 54.2 Å². The van der Waals surface area contributed by atoms with Gasteiger partial charge in [-0.15, -0.1) is 10.2 Å². The molecule has 5 rings (SSSR count). The van der Waals surface area contributed by atoms with Crippen LogP contribution in [0.2, 0.25) is 0 Å². The highest BCUT2D eigenvalue weighted by Crippen LogP contribution is 2.51. The maximum absolute atomic E-state index is 15.1. The minimum Gasteiger partial charge on any atom is -0.467 e. The molecule has 11 heteroatoms. The van der Waals surface area contributed by atoms with Gasteiger partial charge < -0.3 is 19.5 Å². The predicted octanol–water partition coefficient (Wildman–Crippen LogP) is 4.55. The van der Waals surface area contributed by atoms with Crippen LogP contribution < -0.4 is 9.64 Å². The van der Waals surface area contributed by atoms with E-state index in [1.165, 1.54) is 19.4 Å². The van der Waals surface area contributed by atoms with Gasteiger partial charge >= 0.3 is 6.09 Å². The van der Waals surface area contributed by atoms with Crippen molar-refractivity contribution in [3.8, 4) is 28.1 Å². The summed E-state index contributed by atoms with van der Waals surface area (Å²) in [6, 6.07) is 6.72. The Bertz CT molecular complexity index is 1270. The molecular weight excluding hydrogens is 479 g/mol. The first-order valence-electron chi connectivity index (χ1n) is 12.2. The number of carbonyl (C=O) groups is 1. The Labute approximate surface area is 214 Å². The SMILES string of the molecule is COCOc1cc(-c2cn[nH]c2)c(F)cc1-c1ccc(N(C)C2CC3(C)CC[C@](C)(C2)N3C(=O)O)nn1. The molecule has 2 fully saturated rings. The smallest absolute Gasteiger partial charge is 0.408 e. The van der Waals surface area contributed by atoms with E-state index in [0.29, 0.717) is 46.8 Å². The fraction of sp³-hybridized carbons (Fsp3) is 0.462. The highest BCUT2D eigenvalue weighted by molar-refractivity contribution is 5.75. The summed E-state index contributed by atoms with van der Waals surface area (Å²) < 4.78 is 25.9. The summed E-state index contributed by atoms with van der Waals surface area (Å²) in [6.45, 7) is 4.05. The molecule has 2 aromatic heterocycles.